The van der Waals surface area contributed by atoms with E-state index in [0.717, 1.165) is 24.5 Å². The first-order chi connectivity index (χ1) is 15.0. The molecule has 1 saturated heterocycles. The molecule has 0 aliphatic carbocycles. The van der Waals surface area contributed by atoms with E-state index in [4.69, 9.17) is 23.2 Å². The molecule has 1 aliphatic rings. The van der Waals surface area contributed by atoms with Crippen molar-refractivity contribution in [1.82, 2.24) is 4.90 Å². The number of benzene rings is 3. The van der Waals surface area contributed by atoms with Gasteiger partial charge in [-0.3, -0.25) is 9.59 Å². The summed E-state index contributed by atoms with van der Waals surface area (Å²) >= 11 is 11.8. The van der Waals surface area contributed by atoms with E-state index >= 15 is 0 Å². The Hall–Kier alpha value is -3.02. The molecule has 1 fully saturated rings. The molecule has 1 N–H and O–H groups in total. The summed E-state index contributed by atoms with van der Waals surface area (Å²) < 4.78 is 0. The monoisotopic (exact) mass is 453 g/mol. The SMILES string of the molecule is O=C(Nc1ccc(N2CCN(C(=O)c3ccc(Cl)cc3)CC2)cc1)c1ccc(Cl)cc1. The Balaban J connectivity index is 1.33. The predicted octanol–water partition coefficient (Wildman–Crippen LogP) is 5.21. The molecule has 3 aromatic rings. The smallest absolute Gasteiger partial charge is 0.255 e. The first kappa shape index (κ1) is 21.2. The molecule has 1 aliphatic heterocycles. The van der Waals surface area contributed by atoms with Gasteiger partial charge in [0.1, 0.15) is 0 Å². The highest BCUT2D eigenvalue weighted by molar-refractivity contribution is 6.31. The van der Waals surface area contributed by atoms with Crippen molar-refractivity contribution in [1.29, 1.82) is 0 Å². The van der Waals surface area contributed by atoms with Crippen molar-refractivity contribution < 1.29 is 9.59 Å². The highest BCUT2D eigenvalue weighted by Gasteiger charge is 2.22. The summed E-state index contributed by atoms with van der Waals surface area (Å²) in [6.45, 7) is 2.79. The molecular weight excluding hydrogens is 433 g/mol. The highest BCUT2D eigenvalue weighted by Crippen LogP contribution is 2.21. The van der Waals surface area contributed by atoms with Crippen LogP contribution in [0.4, 0.5) is 11.4 Å². The molecular formula is C24H21Cl2N3O2. The zero-order valence-corrected chi connectivity index (χ0v) is 18.2. The van der Waals surface area contributed by atoms with Crippen molar-refractivity contribution in [3.05, 3.63) is 94.0 Å². The van der Waals surface area contributed by atoms with Crippen molar-refractivity contribution >= 4 is 46.4 Å². The third kappa shape index (κ3) is 5.19. The fraction of sp³-hybridized carbons (Fsp3) is 0.167. The number of amides is 2. The lowest BCUT2D eigenvalue weighted by atomic mass is 10.1. The van der Waals surface area contributed by atoms with E-state index in [1.54, 1.807) is 48.5 Å². The average molecular weight is 454 g/mol. The van der Waals surface area contributed by atoms with Crippen molar-refractivity contribution in [2.45, 2.75) is 0 Å². The Morgan fingerprint density at radius 3 is 1.74 bits per heavy atom. The van der Waals surface area contributed by atoms with E-state index in [0.29, 0.717) is 34.3 Å². The lowest BCUT2D eigenvalue weighted by Gasteiger charge is -2.36. The molecule has 31 heavy (non-hydrogen) atoms. The summed E-state index contributed by atoms with van der Waals surface area (Å²) in [6.07, 6.45) is 0. The number of nitrogens with zero attached hydrogens (tertiary/aromatic N) is 2. The van der Waals surface area contributed by atoms with Crippen LogP contribution in [-0.4, -0.2) is 42.9 Å². The third-order valence-electron chi connectivity index (χ3n) is 5.25. The van der Waals surface area contributed by atoms with Crippen LogP contribution < -0.4 is 10.2 Å². The first-order valence-corrected chi connectivity index (χ1v) is 10.7. The van der Waals surface area contributed by atoms with Crippen molar-refractivity contribution in [2.75, 3.05) is 36.4 Å². The molecule has 5 nitrogen and oxygen atoms in total. The van der Waals surface area contributed by atoms with E-state index in [1.165, 1.54) is 0 Å². The lowest BCUT2D eigenvalue weighted by Crippen LogP contribution is -2.48. The number of nitrogens with one attached hydrogen (secondary N) is 1. The van der Waals surface area contributed by atoms with Gasteiger partial charge in [0.15, 0.2) is 0 Å². The Morgan fingerprint density at radius 1 is 0.677 bits per heavy atom. The van der Waals surface area contributed by atoms with Gasteiger partial charge < -0.3 is 15.1 Å². The molecule has 4 rings (SSSR count). The number of hydrogen-bond acceptors (Lipinski definition) is 3. The van der Waals surface area contributed by atoms with Crippen molar-refractivity contribution in [3.63, 3.8) is 0 Å². The molecule has 1 heterocycles. The van der Waals surface area contributed by atoms with Gasteiger partial charge in [-0.15, -0.1) is 0 Å². The lowest BCUT2D eigenvalue weighted by molar-refractivity contribution is 0.0746. The Morgan fingerprint density at radius 2 is 1.19 bits per heavy atom. The normalized spacial score (nSPS) is 13.7. The highest BCUT2D eigenvalue weighted by atomic mass is 35.5. The average Bonchev–Trinajstić information content (AvgIpc) is 2.80. The van der Waals surface area contributed by atoms with Gasteiger partial charge in [-0.05, 0) is 72.8 Å². The van der Waals surface area contributed by atoms with Crippen LogP contribution in [0, 0.1) is 0 Å². The number of anilines is 2. The van der Waals surface area contributed by atoms with Gasteiger partial charge in [0.25, 0.3) is 11.8 Å². The maximum absolute atomic E-state index is 12.7. The van der Waals surface area contributed by atoms with Gasteiger partial charge in [-0.2, -0.15) is 0 Å². The summed E-state index contributed by atoms with van der Waals surface area (Å²) in [5, 5.41) is 4.10. The largest absolute Gasteiger partial charge is 0.368 e. The third-order valence-corrected chi connectivity index (χ3v) is 5.76. The second kappa shape index (κ2) is 9.41. The molecule has 0 unspecified atom stereocenters. The van der Waals surface area contributed by atoms with Crippen LogP contribution in [0.25, 0.3) is 0 Å². The molecule has 2 amide bonds. The Bertz CT molecular complexity index is 1060. The van der Waals surface area contributed by atoms with Gasteiger partial charge in [-0.1, -0.05) is 23.2 Å². The maximum atomic E-state index is 12.7. The van der Waals surface area contributed by atoms with Gasteiger partial charge in [-0.25, -0.2) is 0 Å². The minimum absolute atomic E-state index is 0.0246. The van der Waals surface area contributed by atoms with Crippen LogP contribution in [0.5, 0.6) is 0 Å². The molecule has 3 aromatic carbocycles. The number of carbonyl (C=O) groups is 2. The van der Waals surface area contributed by atoms with Gasteiger partial charge in [0.2, 0.25) is 0 Å². The number of hydrogen-bond donors (Lipinski definition) is 1. The zero-order valence-electron chi connectivity index (χ0n) is 16.7. The van der Waals surface area contributed by atoms with Crippen molar-refractivity contribution in [2.24, 2.45) is 0 Å². The van der Waals surface area contributed by atoms with E-state index in [2.05, 4.69) is 10.2 Å². The first-order valence-electron chi connectivity index (χ1n) is 9.96. The topological polar surface area (TPSA) is 52.7 Å². The molecule has 7 heteroatoms. The van der Waals surface area contributed by atoms with Gasteiger partial charge >= 0.3 is 0 Å². The molecule has 0 bridgehead atoms. The van der Waals surface area contributed by atoms with Crippen LogP contribution >= 0.6 is 23.2 Å². The van der Waals surface area contributed by atoms with Gasteiger partial charge in [0, 0.05) is 58.7 Å². The van der Waals surface area contributed by atoms with Crippen LogP contribution in [0.3, 0.4) is 0 Å². The van der Waals surface area contributed by atoms with E-state index in [-0.39, 0.29) is 11.8 Å². The molecule has 0 saturated carbocycles. The van der Waals surface area contributed by atoms with Gasteiger partial charge in [0.05, 0.1) is 0 Å². The van der Waals surface area contributed by atoms with Crippen LogP contribution in [-0.2, 0) is 0 Å². The molecule has 0 atom stereocenters. The van der Waals surface area contributed by atoms with E-state index in [9.17, 15) is 9.59 Å². The number of carbonyl (C=O) groups excluding carboxylic acids is 2. The second-order valence-corrected chi connectivity index (χ2v) is 8.17. The Labute approximate surface area is 191 Å². The van der Waals surface area contributed by atoms with E-state index in [1.807, 2.05) is 29.2 Å². The number of rotatable bonds is 4. The summed E-state index contributed by atoms with van der Waals surface area (Å²) in [6, 6.07) is 21.5. The maximum Gasteiger partial charge on any atom is 0.255 e. The Kier molecular flexibility index (Phi) is 6.44. The summed E-state index contributed by atoms with van der Waals surface area (Å²) in [7, 11) is 0. The minimum atomic E-state index is -0.182. The molecule has 0 spiro atoms. The molecule has 158 valence electrons. The van der Waals surface area contributed by atoms with E-state index < -0.39 is 0 Å². The standard InChI is InChI=1S/C24H21Cl2N3O2/c25-19-5-1-17(2-6-19)23(30)27-21-9-11-22(12-10-21)28-13-15-29(16-14-28)24(31)18-3-7-20(26)8-4-18/h1-12H,13-16H2,(H,27,30). The number of halogens is 2. The van der Waals surface area contributed by atoms with Crippen LogP contribution in [0.1, 0.15) is 20.7 Å². The predicted molar refractivity (Wildman–Crippen MR) is 125 cm³/mol. The molecule has 0 radical (unpaired) electrons. The minimum Gasteiger partial charge on any atom is -0.368 e. The van der Waals surface area contributed by atoms with Crippen molar-refractivity contribution in [3.8, 4) is 0 Å². The number of piperazine rings is 1. The summed E-state index contributed by atoms with van der Waals surface area (Å²) in [5.41, 5.74) is 2.98. The fourth-order valence-corrected chi connectivity index (χ4v) is 3.75. The summed E-state index contributed by atoms with van der Waals surface area (Å²) in [5.74, 6) is -0.157. The summed E-state index contributed by atoms with van der Waals surface area (Å²) in [4.78, 5) is 29.1. The quantitative estimate of drug-likeness (QED) is 0.589. The molecule has 0 aromatic heterocycles. The zero-order chi connectivity index (χ0) is 21.8. The van der Waals surface area contributed by atoms with Crippen LogP contribution in [0.2, 0.25) is 10.0 Å². The van der Waals surface area contributed by atoms with Crippen LogP contribution in [0.15, 0.2) is 72.8 Å². The second-order valence-electron chi connectivity index (χ2n) is 7.29. The fourth-order valence-electron chi connectivity index (χ4n) is 3.50.